The summed E-state index contributed by atoms with van der Waals surface area (Å²) in [6.45, 7) is 1.59. The highest BCUT2D eigenvalue weighted by atomic mass is 16.7. The average molecular weight is 475 g/mol. The van der Waals surface area contributed by atoms with Gasteiger partial charge >= 0.3 is 0 Å². The van der Waals surface area contributed by atoms with Crippen LogP contribution in [0.15, 0.2) is 30.3 Å². The molecule has 0 aromatic heterocycles. The van der Waals surface area contributed by atoms with Gasteiger partial charge in [-0.25, -0.2) is 0 Å². The van der Waals surface area contributed by atoms with Crippen LogP contribution in [0.25, 0.3) is 0 Å². The van der Waals surface area contributed by atoms with Crippen LogP contribution in [0.4, 0.5) is 0 Å². The van der Waals surface area contributed by atoms with Crippen molar-refractivity contribution in [2.75, 3.05) is 13.2 Å². The quantitative estimate of drug-likeness (QED) is 0.517. The Labute approximate surface area is 204 Å². The second-order valence-corrected chi connectivity index (χ2v) is 10.6. The fraction of sp³-hybridized carbons (Fsp3) is 0.786. The molecule has 4 fully saturated rings. The molecule has 5 rings (SSSR count). The van der Waals surface area contributed by atoms with E-state index in [1.165, 1.54) is 18.4 Å². The fourth-order valence-corrected chi connectivity index (χ4v) is 6.34. The van der Waals surface area contributed by atoms with Gasteiger partial charge in [-0.2, -0.15) is 0 Å². The first-order chi connectivity index (χ1) is 16.7. The van der Waals surface area contributed by atoms with Gasteiger partial charge < -0.3 is 28.8 Å². The molecule has 8 atom stereocenters. The van der Waals surface area contributed by atoms with Crippen LogP contribution in [0.1, 0.15) is 76.2 Å². The first kappa shape index (κ1) is 24.7. The minimum Gasteiger partial charge on any atom is -0.368 e. The minimum atomic E-state index is -0.634. The molecule has 1 N–H and O–H groups in total. The van der Waals surface area contributed by atoms with E-state index in [0.717, 1.165) is 71.0 Å². The highest BCUT2D eigenvalue weighted by molar-refractivity contribution is 5.14. The molecule has 3 unspecified atom stereocenters. The summed E-state index contributed by atoms with van der Waals surface area (Å²) in [4.78, 5) is 0. The molecule has 6 heteroatoms. The van der Waals surface area contributed by atoms with Gasteiger partial charge in [0.2, 0.25) is 0 Å². The van der Waals surface area contributed by atoms with Gasteiger partial charge in [-0.1, -0.05) is 30.3 Å². The van der Waals surface area contributed by atoms with Crippen molar-refractivity contribution in [1.82, 2.24) is 0 Å². The molecule has 3 saturated heterocycles. The van der Waals surface area contributed by atoms with Crippen LogP contribution in [-0.2, 0) is 30.1 Å². The van der Waals surface area contributed by atoms with Crippen molar-refractivity contribution in [3.05, 3.63) is 35.9 Å². The van der Waals surface area contributed by atoms with Crippen molar-refractivity contribution in [3.63, 3.8) is 0 Å². The number of ether oxygens (including phenoxy) is 5. The molecule has 1 aromatic carbocycles. The Bertz CT molecular complexity index is 717. The number of hydrogen-bond acceptors (Lipinski definition) is 6. The highest BCUT2D eigenvalue weighted by Gasteiger charge is 2.50. The van der Waals surface area contributed by atoms with E-state index in [1.54, 1.807) is 0 Å². The Balaban J connectivity index is 1.21. The van der Waals surface area contributed by atoms with Crippen LogP contribution in [0.2, 0.25) is 0 Å². The van der Waals surface area contributed by atoms with E-state index in [-0.39, 0.29) is 30.9 Å². The zero-order chi connectivity index (χ0) is 23.2. The zero-order valence-corrected chi connectivity index (χ0v) is 20.4. The smallest absolute Gasteiger partial charge is 0.157 e. The van der Waals surface area contributed by atoms with Crippen molar-refractivity contribution in [3.8, 4) is 0 Å². The maximum absolute atomic E-state index is 10.1. The standard InChI is InChI=1S/C28H42O6/c29-26-18-23-22(24(19-25(23)33-26)34-28-11-5-7-17-31-28)15-14-21(32-27-10-4-6-16-30-27)13-12-20-8-2-1-3-9-20/h1-3,8-9,21-29H,4-7,10-19H2/t21-,22+,23+,24-,25-,26?,27?,28?/m0/s1. The molecule has 3 heterocycles. The van der Waals surface area contributed by atoms with Crippen LogP contribution in [0.3, 0.4) is 0 Å². The third-order valence-corrected chi connectivity index (χ3v) is 8.14. The predicted octanol–water partition coefficient (Wildman–Crippen LogP) is 4.97. The second kappa shape index (κ2) is 12.3. The normalized spacial score (nSPS) is 36.9. The average Bonchev–Trinajstić information content (AvgIpc) is 3.38. The molecule has 1 aromatic rings. The van der Waals surface area contributed by atoms with Crippen molar-refractivity contribution in [2.24, 2.45) is 11.8 Å². The van der Waals surface area contributed by atoms with Crippen LogP contribution < -0.4 is 0 Å². The minimum absolute atomic E-state index is 0.0785. The summed E-state index contributed by atoms with van der Waals surface area (Å²) in [6, 6.07) is 10.7. The third kappa shape index (κ3) is 6.59. The molecule has 0 amide bonds. The van der Waals surface area contributed by atoms with Gasteiger partial charge in [0.1, 0.15) is 0 Å². The predicted molar refractivity (Wildman–Crippen MR) is 128 cm³/mol. The van der Waals surface area contributed by atoms with Gasteiger partial charge in [-0.3, -0.25) is 0 Å². The van der Waals surface area contributed by atoms with Gasteiger partial charge in [0.25, 0.3) is 0 Å². The Kier molecular flexibility index (Phi) is 8.91. The monoisotopic (exact) mass is 474 g/mol. The van der Waals surface area contributed by atoms with Gasteiger partial charge in [0.15, 0.2) is 18.9 Å². The van der Waals surface area contributed by atoms with E-state index < -0.39 is 6.29 Å². The Morgan fingerprint density at radius 2 is 1.68 bits per heavy atom. The van der Waals surface area contributed by atoms with Crippen molar-refractivity contribution in [2.45, 2.75) is 114 Å². The second-order valence-electron chi connectivity index (χ2n) is 10.6. The molecule has 0 spiro atoms. The first-order valence-corrected chi connectivity index (χ1v) is 13.7. The van der Waals surface area contributed by atoms with Gasteiger partial charge in [-0.15, -0.1) is 0 Å². The molecule has 0 bridgehead atoms. The lowest BCUT2D eigenvalue weighted by Gasteiger charge is -2.32. The maximum Gasteiger partial charge on any atom is 0.157 e. The number of benzene rings is 1. The van der Waals surface area contributed by atoms with Crippen molar-refractivity contribution < 1.29 is 28.8 Å². The molecule has 1 saturated carbocycles. The van der Waals surface area contributed by atoms with Crippen LogP contribution >= 0.6 is 0 Å². The van der Waals surface area contributed by atoms with Crippen LogP contribution in [-0.4, -0.2) is 55.5 Å². The van der Waals surface area contributed by atoms with E-state index in [0.29, 0.717) is 18.3 Å². The van der Waals surface area contributed by atoms with Crippen molar-refractivity contribution >= 4 is 0 Å². The summed E-state index contributed by atoms with van der Waals surface area (Å²) in [5.74, 6) is 0.715. The van der Waals surface area contributed by atoms with Gasteiger partial charge in [-0.05, 0) is 81.6 Å². The largest absolute Gasteiger partial charge is 0.368 e. The van der Waals surface area contributed by atoms with Crippen LogP contribution in [0.5, 0.6) is 0 Å². The van der Waals surface area contributed by atoms with E-state index >= 15 is 0 Å². The SMILES string of the molecule is OC1C[C@@H]2[C@@H](CC[C@H](CCc3ccccc3)OC3CCCCO3)[C@@H](OC3CCCCO3)C[C@@H]2O1. The number of rotatable bonds is 10. The van der Waals surface area contributed by atoms with E-state index in [4.69, 9.17) is 23.7 Å². The Hall–Kier alpha value is -1.02. The molecule has 0 radical (unpaired) electrons. The molecular formula is C28H42O6. The Morgan fingerprint density at radius 1 is 0.912 bits per heavy atom. The van der Waals surface area contributed by atoms with Crippen molar-refractivity contribution in [1.29, 1.82) is 0 Å². The zero-order valence-electron chi connectivity index (χ0n) is 20.4. The Morgan fingerprint density at radius 3 is 2.41 bits per heavy atom. The number of aliphatic hydroxyl groups excluding tert-OH is 1. The highest BCUT2D eigenvalue weighted by Crippen LogP contribution is 2.47. The molecule has 4 aliphatic rings. The van der Waals surface area contributed by atoms with E-state index in [2.05, 4.69) is 30.3 Å². The molecule has 6 nitrogen and oxygen atoms in total. The van der Waals surface area contributed by atoms with E-state index in [1.807, 2.05) is 0 Å². The molecular weight excluding hydrogens is 432 g/mol. The summed E-state index contributed by atoms with van der Waals surface area (Å²) in [6.07, 6.45) is 11.7. The van der Waals surface area contributed by atoms with Crippen LogP contribution in [0, 0.1) is 11.8 Å². The molecule has 1 aliphatic carbocycles. The molecule has 190 valence electrons. The lowest BCUT2D eigenvalue weighted by Crippen LogP contribution is -2.33. The number of aryl methyl sites for hydroxylation is 1. The summed E-state index contributed by atoms with van der Waals surface area (Å²) < 4.78 is 30.7. The number of fused-ring (bicyclic) bond motifs is 1. The lowest BCUT2D eigenvalue weighted by molar-refractivity contribution is -0.203. The fourth-order valence-electron chi connectivity index (χ4n) is 6.34. The third-order valence-electron chi connectivity index (χ3n) is 8.14. The summed E-state index contributed by atoms with van der Waals surface area (Å²) in [7, 11) is 0. The first-order valence-electron chi connectivity index (χ1n) is 13.7. The van der Waals surface area contributed by atoms with Gasteiger partial charge in [0, 0.05) is 26.1 Å². The summed E-state index contributed by atoms with van der Waals surface area (Å²) in [5.41, 5.74) is 1.35. The van der Waals surface area contributed by atoms with E-state index in [9.17, 15) is 5.11 Å². The van der Waals surface area contributed by atoms with Gasteiger partial charge in [0.05, 0.1) is 18.3 Å². The lowest BCUT2D eigenvalue weighted by atomic mass is 9.86. The number of aliphatic hydroxyl groups is 1. The maximum atomic E-state index is 10.1. The number of hydrogen-bond donors (Lipinski definition) is 1. The summed E-state index contributed by atoms with van der Waals surface area (Å²) >= 11 is 0. The molecule has 34 heavy (non-hydrogen) atoms. The topological polar surface area (TPSA) is 66.4 Å². The molecule has 3 aliphatic heterocycles. The summed E-state index contributed by atoms with van der Waals surface area (Å²) in [5, 5.41) is 10.1.